The summed E-state index contributed by atoms with van der Waals surface area (Å²) in [4.78, 5) is 3.81. The summed E-state index contributed by atoms with van der Waals surface area (Å²) < 4.78 is 0. The molecule has 1 aromatic carbocycles. The van der Waals surface area contributed by atoms with Gasteiger partial charge in [-0.15, -0.1) is 0 Å². The molecule has 0 aromatic heterocycles. The van der Waals surface area contributed by atoms with Crippen LogP contribution in [0.25, 0.3) is 11.1 Å². The van der Waals surface area contributed by atoms with Crippen LogP contribution in [0.2, 0.25) is 0 Å². The zero-order chi connectivity index (χ0) is 10.4. The molecule has 0 unspecified atom stereocenters. The second-order valence-corrected chi connectivity index (χ2v) is 4.96. The van der Waals surface area contributed by atoms with Crippen LogP contribution in [-0.4, -0.2) is 18.5 Å². The van der Waals surface area contributed by atoms with Crippen molar-refractivity contribution in [2.24, 2.45) is 4.99 Å². The van der Waals surface area contributed by atoms with Crippen molar-refractivity contribution in [3.8, 4) is 0 Å². The average Bonchev–Trinajstić information content (AvgIpc) is 2.18. The predicted molar refractivity (Wildman–Crippen MR) is 64.4 cm³/mol. The molecule has 0 aliphatic carbocycles. The van der Waals surface area contributed by atoms with Crippen LogP contribution in [0.15, 0.2) is 40.7 Å². The minimum Gasteiger partial charge on any atom is -0.422 e. The Labute approximate surface area is 87.2 Å². The number of aliphatic imine (C=N–C) groups is 1. The summed E-state index contributed by atoms with van der Waals surface area (Å²) in [5, 5.41) is 10.6. The molecule has 2 nitrogen and oxygen atoms in total. The van der Waals surface area contributed by atoms with Crippen molar-refractivity contribution in [2.75, 3.05) is 12.5 Å². The molecule has 0 amide bonds. The van der Waals surface area contributed by atoms with E-state index in [0.717, 1.165) is 11.3 Å². The van der Waals surface area contributed by atoms with Crippen LogP contribution < -0.4 is 0 Å². The summed E-state index contributed by atoms with van der Waals surface area (Å²) in [5.41, 5.74) is 1.76. The van der Waals surface area contributed by atoms with Crippen LogP contribution >= 0.6 is 0 Å². The standard InChI is InChI=1S/C11H12N2S/c1-14(2)8-11(13-9-12)10-6-4-3-5-7-10/h3-8H,1-2H3/b11-8+. The highest BCUT2D eigenvalue weighted by Gasteiger charge is 2.00. The highest BCUT2D eigenvalue weighted by molar-refractivity contribution is 7.98. The minimum absolute atomic E-state index is 0.145. The number of nitrogens with zero attached hydrogens (tertiary/aromatic N) is 2. The lowest BCUT2D eigenvalue weighted by molar-refractivity contribution is 1.53. The van der Waals surface area contributed by atoms with Gasteiger partial charge in [0.05, 0.1) is 0 Å². The molecule has 0 saturated heterocycles. The van der Waals surface area contributed by atoms with Crippen LogP contribution in [0, 0.1) is 0 Å². The maximum atomic E-state index is 8.56. The molecule has 0 heterocycles. The van der Waals surface area contributed by atoms with Crippen molar-refractivity contribution in [1.29, 1.82) is 0 Å². The largest absolute Gasteiger partial charge is 0.422 e. The van der Waals surface area contributed by atoms with Crippen molar-refractivity contribution in [3.63, 3.8) is 0 Å². The molecule has 0 aliphatic rings. The smallest absolute Gasteiger partial charge is 0.123 e. The lowest BCUT2D eigenvalue weighted by Gasteiger charge is -2.03. The number of benzene rings is 1. The summed E-state index contributed by atoms with van der Waals surface area (Å²) in [6, 6.07) is 11.6. The first-order chi connectivity index (χ1) is 6.74. The van der Waals surface area contributed by atoms with E-state index in [9.17, 15) is 0 Å². The minimum atomic E-state index is 0.145. The van der Waals surface area contributed by atoms with Crippen LogP contribution in [0.4, 0.5) is 0 Å². The fourth-order valence-electron chi connectivity index (χ4n) is 1.04. The van der Waals surface area contributed by atoms with E-state index in [4.69, 9.17) is 5.41 Å². The topological polar surface area (TPSA) is 34.7 Å². The third-order valence-electron chi connectivity index (χ3n) is 1.59. The molecule has 0 bridgehead atoms. The predicted octanol–water partition coefficient (Wildman–Crippen LogP) is 2.61. The number of hydrogen-bond acceptors (Lipinski definition) is 1. The molecule has 1 aromatic rings. The highest BCUT2D eigenvalue weighted by atomic mass is 32.2. The SMILES string of the molecule is C[S+](C)/C=C(/N=C=[N-])c1ccccc1. The molecule has 0 saturated carbocycles. The lowest BCUT2D eigenvalue weighted by Crippen LogP contribution is -1.90. The molecule has 0 aliphatic heterocycles. The van der Waals surface area contributed by atoms with Crippen molar-refractivity contribution in [3.05, 3.63) is 46.7 Å². The maximum Gasteiger partial charge on any atom is 0.123 e. The monoisotopic (exact) mass is 204 g/mol. The van der Waals surface area contributed by atoms with E-state index in [0.29, 0.717) is 0 Å². The summed E-state index contributed by atoms with van der Waals surface area (Å²) >= 11 is 0. The van der Waals surface area contributed by atoms with E-state index in [-0.39, 0.29) is 10.9 Å². The first-order valence-corrected chi connectivity index (χ1v) is 6.28. The summed E-state index contributed by atoms with van der Waals surface area (Å²) in [7, 11) is 0.145. The molecule has 0 radical (unpaired) electrons. The van der Waals surface area contributed by atoms with Crippen molar-refractivity contribution in [1.82, 2.24) is 0 Å². The molecule has 72 valence electrons. The van der Waals surface area contributed by atoms with E-state index < -0.39 is 0 Å². The van der Waals surface area contributed by atoms with Crippen molar-refractivity contribution >= 4 is 22.6 Å². The third-order valence-corrected chi connectivity index (χ3v) is 2.28. The Hall–Kier alpha value is -1.31. The number of hydrogen-bond donors (Lipinski definition) is 0. The Morgan fingerprint density at radius 3 is 2.50 bits per heavy atom. The van der Waals surface area contributed by atoms with Gasteiger partial charge in [0.25, 0.3) is 0 Å². The van der Waals surface area contributed by atoms with Gasteiger partial charge >= 0.3 is 0 Å². The van der Waals surface area contributed by atoms with Gasteiger partial charge in [-0.25, -0.2) is 0 Å². The van der Waals surface area contributed by atoms with Crippen molar-refractivity contribution < 1.29 is 0 Å². The van der Waals surface area contributed by atoms with Gasteiger partial charge in [0, 0.05) is 16.6 Å². The van der Waals surface area contributed by atoms with Crippen LogP contribution in [-0.2, 0) is 10.9 Å². The van der Waals surface area contributed by atoms with Crippen LogP contribution in [0.5, 0.6) is 0 Å². The van der Waals surface area contributed by atoms with Crippen molar-refractivity contribution in [2.45, 2.75) is 0 Å². The van der Waals surface area contributed by atoms with E-state index >= 15 is 0 Å². The first-order valence-electron chi connectivity index (χ1n) is 4.17. The Bertz CT molecular complexity index is 362. The summed E-state index contributed by atoms with van der Waals surface area (Å²) in [5.74, 6) is 0. The van der Waals surface area contributed by atoms with Gasteiger partial charge in [-0.1, -0.05) is 30.3 Å². The Balaban J connectivity index is 3.07. The van der Waals surface area contributed by atoms with E-state index in [1.165, 1.54) is 0 Å². The van der Waals surface area contributed by atoms with Gasteiger partial charge in [0.1, 0.15) is 17.9 Å². The van der Waals surface area contributed by atoms with Gasteiger partial charge < -0.3 is 10.4 Å². The zero-order valence-electron chi connectivity index (χ0n) is 8.27. The number of rotatable bonds is 3. The maximum absolute atomic E-state index is 8.56. The fourth-order valence-corrected chi connectivity index (χ4v) is 1.68. The molecule has 0 N–H and O–H groups in total. The van der Waals surface area contributed by atoms with E-state index in [1.54, 1.807) is 0 Å². The highest BCUT2D eigenvalue weighted by Crippen LogP contribution is 2.15. The van der Waals surface area contributed by atoms with E-state index in [2.05, 4.69) is 17.5 Å². The van der Waals surface area contributed by atoms with Gasteiger partial charge in [-0.3, -0.25) is 0 Å². The lowest BCUT2D eigenvalue weighted by atomic mass is 10.2. The van der Waals surface area contributed by atoms with Crippen LogP contribution in [0.1, 0.15) is 5.56 Å². The quantitative estimate of drug-likeness (QED) is 0.536. The molecule has 14 heavy (non-hydrogen) atoms. The second kappa shape index (κ2) is 5.43. The molecule has 0 atom stereocenters. The molecule has 1 rings (SSSR count). The average molecular weight is 204 g/mol. The first kappa shape index (κ1) is 10.8. The zero-order valence-corrected chi connectivity index (χ0v) is 9.08. The molecule has 0 fully saturated rings. The third kappa shape index (κ3) is 3.21. The Morgan fingerprint density at radius 1 is 1.36 bits per heavy atom. The molecule has 3 heteroatoms. The summed E-state index contributed by atoms with van der Waals surface area (Å²) in [6.45, 7) is 0. The van der Waals surface area contributed by atoms with Gasteiger partial charge in [0.2, 0.25) is 0 Å². The molecular weight excluding hydrogens is 192 g/mol. The second-order valence-electron chi connectivity index (χ2n) is 2.96. The summed E-state index contributed by atoms with van der Waals surface area (Å²) in [6.07, 6.45) is 4.19. The molecular formula is C11H12N2S. The Kier molecular flexibility index (Phi) is 4.17. The Morgan fingerprint density at radius 2 is 2.00 bits per heavy atom. The van der Waals surface area contributed by atoms with Gasteiger partial charge in [-0.05, 0) is 5.56 Å². The fraction of sp³-hybridized carbons (Fsp3) is 0.182. The van der Waals surface area contributed by atoms with Crippen LogP contribution in [0.3, 0.4) is 0 Å². The van der Waals surface area contributed by atoms with Gasteiger partial charge in [-0.2, -0.15) is 6.01 Å². The van der Waals surface area contributed by atoms with Gasteiger partial charge in [0.15, 0.2) is 0 Å². The van der Waals surface area contributed by atoms with E-state index in [1.807, 2.05) is 41.7 Å². The molecule has 0 spiro atoms. The normalized spacial score (nSPS) is 11.2.